The van der Waals surface area contributed by atoms with Crippen LogP contribution in [0.25, 0.3) is 0 Å². The summed E-state index contributed by atoms with van der Waals surface area (Å²) in [7, 11) is 0. The zero-order chi connectivity index (χ0) is 14.2. The second kappa shape index (κ2) is 8.09. The first-order valence-electron chi connectivity index (χ1n) is 8.16. The predicted molar refractivity (Wildman–Crippen MR) is 89.1 cm³/mol. The average Bonchev–Trinajstić information content (AvgIpc) is 2.49. The summed E-state index contributed by atoms with van der Waals surface area (Å²) in [6.45, 7) is 7.70. The van der Waals surface area contributed by atoms with Crippen LogP contribution in [0, 0.1) is 5.92 Å². The fourth-order valence-electron chi connectivity index (χ4n) is 3.66. The fraction of sp³-hybridized carbons (Fsp3) is 0.500. The molecular weight excluding hydrogens is 240 g/mol. The Morgan fingerprint density at radius 1 is 1.00 bits per heavy atom. The highest BCUT2D eigenvalue weighted by atomic mass is 14.3. The third-order valence-corrected chi connectivity index (χ3v) is 4.71. The van der Waals surface area contributed by atoms with E-state index >= 15 is 0 Å². The molecule has 0 bridgehead atoms. The number of aryl methyl sites for hydroxylation is 1. The van der Waals surface area contributed by atoms with Crippen molar-refractivity contribution in [3.05, 3.63) is 60.7 Å². The zero-order valence-electron chi connectivity index (χ0n) is 12.7. The molecule has 0 aromatic heterocycles. The van der Waals surface area contributed by atoms with Crippen LogP contribution in [-0.4, -0.2) is 0 Å². The van der Waals surface area contributed by atoms with E-state index in [-0.39, 0.29) is 0 Å². The van der Waals surface area contributed by atoms with E-state index in [1.165, 1.54) is 38.5 Å². The lowest BCUT2D eigenvalue weighted by Crippen LogP contribution is -2.21. The van der Waals surface area contributed by atoms with Crippen LogP contribution in [0.1, 0.15) is 62.0 Å². The Morgan fingerprint density at radius 2 is 1.70 bits per heavy atom. The van der Waals surface area contributed by atoms with Crippen LogP contribution in [0.2, 0.25) is 0 Å². The SMILES string of the molecule is C=CCCCC1CCc2ccccc2C1CCCC=C. The molecule has 1 aromatic carbocycles. The molecule has 108 valence electrons. The van der Waals surface area contributed by atoms with Gasteiger partial charge in [0.2, 0.25) is 0 Å². The summed E-state index contributed by atoms with van der Waals surface area (Å²) in [6.07, 6.45) is 14.3. The van der Waals surface area contributed by atoms with Crippen molar-refractivity contribution in [3.8, 4) is 0 Å². The van der Waals surface area contributed by atoms with Gasteiger partial charge in [-0.3, -0.25) is 0 Å². The van der Waals surface area contributed by atoms with Gasteiger partial charge >= 0.3 is 0 Å². The quantitative estimate of drug-likeness (QED) is 0.398. The van der Waals surface area contributed by atoms with Gasteiger partial charge in [0.1, 0.15) is 0 Å². The van der Waals surface area contributed by atoms with Gasteiger partial charge in [0.05, 0.1) is 0 Å². The highest BCUT2D eigenvalue weighted by molar-refractivity contribution is 5.33. The van der Waals surface area contributed by atoms with Crippen molar-refractivity contribution >= 4 is 0 Å². The molecule has 0 amide bonds. The minimum atomic E-state index is 0.768. The van der Waals surface area contributed by atoms with Crippen molar-refractivity contribution in [2.24, 2.45) is 5.92 Å². The van der Waals surface area contributed by atoms with Crippen LogP contribution in [-0.2, 0) is 6.42 Å². The van der Waals surface area contributed by atoms with Gasteiger partial charge in [-0.25, -0.2) is 0 Å². The summed E-state index contributed by atoms with van der Waals surface area (Å²) < 4.78 is 0. The van der Waals surface area contributed by atoms with Gasteiger partial charge in [-0.2, -0.15) is 0 Å². The maximum absolute atomic E-state index is 3.86. The van der Waals surface area contributed by atoms with Gasteiger partial charge < -0.3 is 0 Å². The van der Waals surface area contributed by atoms with E-state index in [0.717, 1.165) is 24.7 Å². The van der Waals surface area contributed by atoms with E-state index in [4.69, 9.17) is 0 Å². The summed E-state index contributed by atoms with van der Waals surface area (Å²) in [5.74, 6) is 1.64. The van der Waals surface area contributed by atoms with Gasteiger partial charge in [-0.1, -0.05) is 36.4 Å². The maximum Gasteiger partial charge on any atom is -0.0131 e. The first-order valence-corrected chi connectivity index (χ1v) is 8.16. The number of hydrogen-bond acceptors (Lipinski definition) is 0. The van der Waals surface area contributed by atoms with Gasteiger partial charge in [0, 0.05) is 0 Å². The molecule has 0 N–H and O–H groups in total. The molecule has 0 heterocycles. The Kier molecular flexibility index (Phi) is 6.11. The van der Waals surface area contributed by atoms with E-state index in [9.17, 15) is 0 Å². The van der Waals surface area contributed by atoms with Crippen LogP contribution in [0.15, 0.2) is 49.6 Å². The number of fused-ring (bicyclic) bond motifs is 1. The fourth-order valence-corrected chi connectivity index (χ4v) is 3.66. The molecule has 20 heavy (non-hydrogen) atoms. The maximum atomic E-state index is 3.86. The molecule has 1 aliphatic carbocycles. The molecule has 0 heteroatoms. The summed E-state index contributed by atoms with van der Waals surface area (Å²) in [5.41, 5.74) is 3.22. The van der Waals surface area contributed by atoms with Crippen LogP contribution >= 0.6 is 0 Å². The number of allylic oxidation sites excluding steroid dienone is 2. The van der Waals surface area contributed by atoms with Crippen LogP contribution in [0.5, 0.6) is 0 Å². The Hall–Kier alpha value is -1.30. The first kappa shape index (κ1) is 15.1. The molecule has 0 radical (unpaired) electrons. The molecule has 1 aromatic rings. The molecule has 0 saturated carbocycles. The van der Waals surface area contributed by atoms with E-state index in [1.807, 2.05) is 0 Å². The topological polar surface area (TPSA) is 0 Å². The standard InChI is InChI=1S/C20H28/c1-3-5-7-11-17-15-16-18-12-9-10-14-20(18)19(17)13-8-6-4-2/h3-4,9-10,12,14,17,19H,1-2,5-8,11,13,15-16H2. The van der Waals surface area contributed by atoms with Crippen LogP contribution in [0.3, 0.4) is 0 Å². The molecule has 2 unspecified atom stereocenters. The Morgan fingerprint density at radius 3 is 2.45 bits per heavy atom. The number of rotatable bonds is 8. The Labute approximate surface area is 124 Å². The van der Waals surface area contributed by atoms with E-state index < -0.39 is 0 Å². The highest BCUT2D eigenvalue weighted by Gasteiger charge is 2.28. The minimum absolute atomic E-state index is 0.768. The lowest BCUT2D eigenvalue weighted by molar-refractivity contribution is 0.323. The van der Waals surface area contributed by atoms with Crippen molar-refractivity contribution in [3.63, 3.8) is 0 Å². The summed E-state index contributed by atoms with van der Waals surface area (Å²) in [5, 5.41) is 0. The number of benzene rings is 1. The largest absolute Gasteiger partial charge is 0.103 e. The van der Waals surface area contributed by atoms with Gasteiger partial charge in [0.15, 0.2) is 0 Å². The normalized spacial score (nSPS) is 21.2. The smallest absolute Gasteiger partial charge is 0.0131 e. The molecular formula is C20H28. The van der Waals surface area contributed by atoms with Crippen molar-refractivity contribution in [1.29, 1.82) is 0 Å². The second-order valence-electron chi connectivity index (χ2n) is 6.04. The van der Waals surface area contributed by atoms with Gasteiger partial charge in [0.25, 0.3) is 0 Å². The minimum Gasteiger partial charge on any atom is -0.103 e. The van der Waals surface area contributed by atoms with Crippen molar-refractivity contribution < 1.29 is 0 Å². The highest BCUT2D eigenvalue weighted by Crippen LogP contribution is 2.41. The summed E-state index contributed by atoms with van der Waals surface area (Å²) in [6, 6.07) is 9.10. The molecule has 1 aliphatic rings. The average molecular weight is 268 g/mol. The lowest BCUT2D eigenvalue weighted by atomic mass is 9.71. The third-order valence-electron chi connectivity index (χ3n) is 4.71. The molecule has 0 spiro atoms. The third kappa shape index (κ3) is 3.85. The van der Waals surface area contributed by atoms with Crippen molar-refractivity contribution in [1.82, 2.24) is 0 Å². The summed E-state index contributed by atoms with van der Waals surface area (Å²) in [4.78, 5) is 0. The molecule has 2 rings (SSSR count). The second-order valence-corrected chi connectivity index (χ2v) is 6.04. The molecule has 0 saturated heterocycles. The van der Waals surface area contributed by atoms with Crippen LogP contribution < -0.4 is 0 Å². The first-order chi connectivity index (χ1) is 9.86. The number of unbranched alkanes of at least 4 members (excludes halogenated alkanes) is 2. The number of hydrogen-bond donors (Lipinski definition) is 0. The predicted octanol–water partition coefficient (Wildman–Crippen LogP) is 6.05. The lowest BCUT2D eigenvalue weighted by Gasteiger charge is -2.34. The van der Waals surface area contributed by atoms with Crippen LogP contribution in [0.4, 0.5) is 0 Å². The van der Waals surface area contributed by atoms with E-state index in [0.29, 0.717) is 0 Å². The van der Waals surface area contributed by atoms with E-state index in [1.54, 1.807) is 11.1 Å². The monoisotopic (exact) mass is 268 g/mol. The molecule has 0 nitrogen and oxygen atoms in total. The van der Waals surface area contributed by atoms with Crippen molar-refractivity contribution in [2.75, 3.05) is 0 Å². The zero-order valence-corrected chi connectivity index (χ0v) is 12.7. The Bertz CT molecular complexity index is 429. The Balaban J connectivity index is 2.07. The molecule has 0 fully saturated rings. The van der Waals surface area contributed by atoms with E-state index in [2.05, 4.69) is 49.6 Å². The molecule has 0 aliphatic heterocycles. The molecule has 2 atom stereocenters. The van der Waals surface area contributed by atoms with Crippen molar-refractivity contribution in [2.45, 2.75) is 57.3 Å². The summed E-state index contributed by atoms with van der Waals surface area (Å²) >= 11 is 0. The van der Waals surface area contributed by atoms with Gasteiger partial charge in [-0.05, 0) is 74.3 Å². The van der Waals surface area contributed by atoms with Gasteiger partial charge in [-0.15, -0.1) is 13.2 Å².